The number of nitrogens with zero attached hydrogens (tertiary/aromatic N) is 1. The summed E-state index contributed by atoms with van der Waals surface area (Å²) in [6, 6.07) is 8.16. The van der Waals surface area contributed by atoms with Crippen LogP contribution in [0.5, 0.6) is 0 Å². The average molecular weight is 270 g/mol. The van der Waals surface area contributed by atoms with E-state index in [1.54, 1.807) is 0 Å². The molecular formula is C16H18N2O2. The van der Waals surface area contributed by atoms with Gasteiger partial charge in [-0.2, -0.15) is 0 Å². The number of hydrogen-bond acceptors (Lipinski definition) is 3. The van der Waals surface area contributed by atoms with Gasteiger partial charge in [0.25, 0.3) is 0 Å². The van der Waals surface area contributed by atoms with Crippen molar-refractivity contribution in [3.05, 3.63) is 41.7 Å². The number of aromatic nitrogens is 1. The Morgan fingerprint density at radius 2 is 2.20 bits per heavy atom. The van der Waals surface area contributed by atoms with Crippen LogP contribution in [0.15, 0.2) is 30.5 Å². The lowest BCUT2D eigenvalue weighted by Crippen LogP contribution is -2.14. The Balaban J connectivity index is 2.17. The van der Waals surface area contributed by atoms with Gasteiger partial charge >= 0.3 is 5.97 Å². The van der Waals surface area contributed by atoms with E-state index in [-0.39, 0.29) is 5.97 Å². The molecule has 0 fully saturated rings. The number of para-hydroxylation sites is 1. The topological polar surface area (TPSA) is 45.3 Å². The lowest BCUT2D eigenvalue weighted by molar-refractivity contribution is -0.136. The average Bonchev–Trinajstić information content (AvgIpc) is 2.72. The number of benzene rings is 1. The molecule has 2 aromatic rings. The molecule has 3 rings (SSSR count). The molecule has 1 aromatic heterocycles. The monoisotopic (exact) mass is 270 g/mol. The van der Waals surface area contributed by atoms with Gasteiger partial charge in [-0.1, -0.05) is 18.2 Å². The van der Waals surface area contributed by atoms with Gasteiger partial charge < -0.3 is 14.6 Å². The van der Waals surface area contributed by atoms with Gasteiger partial charge in [0.15, 0.2) is 0 Å². The molecule has 0 spiro atoms. The summed E-state index contributed by atoms with van der Waals surface area (Å²) in [7, 11) is 1.98. The zero-order valence-electron chi connectivity index (χ0n) is 11.8. The zero-order chi connectivity index (χ0) is 14.1. The van der Waals surface area contributed by atoms with Crippen molar-refractivity contribution in [2.45, 2.75) is 13.3 Å². The third-order valence-corrected chi connectivity index (χ3v) is 3.64. The second-order valence-electron chi connectivity index (χ2n) is 5.02. The molecule has 0 unspecified atom stereocenters. The van der Waals surface area contributed by atoms with Gasteiger partial charge in [0.05, 0.1) is 17.9 Å². The van der Waals surface area contributed by atoms with E-state index >= 15 is 0 Å². The predicted octanol–water partition coefficient (Wildman–Crippen LogP) is 2.56. The minimum Gasteiger partial charge on any atom is -0.462 e. The highest BCUT2D eigenvalue weighted by Gasteiger charge is 2.23. The highest BCUT2D eigenvalue weighted by atomic mass is 16.5. The number of likely N-dealkylation sites (N-methyl/N-ethyl adjacent to an activating group) is 1. The van der Waals surface area contributed by atoms with E-state index in [4.69, 9.17) is 4.74 Å². The van der Waals surface area contributed by atoms with Crippen molar-refractivity contribution in [2.24, 2.45) is 0 Å². The molecule has 0 amide bonds. The van der Waals surface area contributed by atoms with Gasteiger partial charge in [-0.25, -0.2) is 4.79 Å². The molecule has 0 saturated heterocycles. The SMILES string of the molecule is CCOC(=O)C1=CN(C)CCc2c1[nH]c1ccccc21. The van der Waals surface area contributed by atoms with Gasteiger partial charge in [-0.15, -0.1) is 0 Å². The summed E-state index contributed by atoms with van der Waals surface area (Å²) >= 11 is 0. The minimum absolute atomic E-state index is 0.269. The van der Waals surface area contributed by atoms with Crippen molar-refractivity contribution in [1.29, 1.82) is 0 Å². The lowest BCUT2D eigenvalue weighted by Gasteiger charge is -2.12. The summed E-state index contributed by atoms with van der Waals surface area (Å²) in [6.07, 6.45) is 2.79. The van der Waals surface area contributed by atoms with Crippen LogP contribution in [-0.2, 0) is 16.0 Å². The molecule has 4 nitrogen and oxygen atoms in total. The number of esters is 1. The molecule has 0 bridgehead atoms. The van der Waals surface area contributed by atoms with Crippen LogP contribution in [0, 0.1) is 0 Å². The molecule has 20 heavy (non-hydrogen) atoms. The van der Waals surface area contributed by atoms with Crippen molar-refractivity contribution in [3.63, 3.8) is 0 Å². The van der Waals surface area contributed by atoms with Crippen LogP contribution in [0.4, 0.5) is 0 Å². The quantitative estimate of drug-likeness (QED) is 0.853. The third kappa shape index (κ3) is 2.07. The molecule has 104 valence electrons. The first-order valence-electron chi connectivity index (χ1n) is 6.90. The van der Waals surface area contributed by atoms with Gasteiger partial charge in [-0.3, -0.25) is 0 Å². The van der Waals surface area contributed by atoms with Gasteiger partial charge in [-0.05, 0) is 25.0 Å². The van der Waals surface area contributed by atoms with Crippen LogP contribution in [-0.4, -0.2) is 36.1 Å². The number of nitrogens with one attached hydrogen (secondary N) is 1. The van der Waals surface area contributed by atoms with Crippen molar-refractivity contribution >= 4 is 22.4 Å². The lowest BCUT2D eigenvalue weighted by atomic mass is 10.0. The highest BCUT2D eigenvalue weighted by molar-refractivity contribution is 6.17. The first-order valence-corrected chi connectivity index (χ1v) is 6.90. The first kappa shape index (κ1) is 12.8. The zero-order valence-corrected chi connectivity index (χ0v) is 11.8. The third-order valence-electron chi connectivity index (χ3n) is 3.64. The Labute approximate surface area is 118 Å². The molecule has 4 heteroatoms. The fourth-order valence-corrected chi connectivity index (χ4v) is 2.69. The molecule has 1 aromatic carbocycles. The van der Waals surface area contributed by atoms with Crippen molar-refractivity contribution in [3.8, 4) is 0 Å². The van der Waals surface area contributed by atoms with Crippen LogP contribution in [0.2, 0.25) is 0 Å². The second-order valence-corrected chi connectivity index (χ2v) is 5.02. The number of fused-ring (bicyclic) bond motifs is 3. The summed E-state index contributed by atoms with van der Waals surface area (Å²) in [6.45, 7) is 3.10. The van der Waals surface area contributed by atoms with E-state index in [1.807, 2.05) is 43.3 Å². The summed E-state index contributed by atoms with van der Waals surface area (Å²) in [5.74, 6) is -0.269. The Kier molecular flexibility index (Phi) is 3.22. The molecule has 0 atom stereocenters. The maximum absolute atomic E-state index is 12.2. The molecule has 0 saturated carbocycles. The summed E-state index contributed by atoms with van der Waals surface area (Å²) in [4.78, 5) is 17.6. The fraction of sp³-hybridized carbons (Fsp3) is 0.312. The number of rotatable bonds is 2. The van der Waals surface area contributed by atoms with Crippen LogP contribution in [0.3, 0.4) is 0 Å². The summed E-state index contributed by atoms with van der Waals surface area (Å²) < 4.78 is 5.18. The van der Waals surface area contributed by atoms with E-state index in [1.165, 1.54) is 10.9 Å². The molecule has 2 heterocycles. The fourth-order valence-electron chi connectivity index (χ4n) is 2.69. The van der Waals surface area contributed by atoms with Crippen molar-refractivity contribution in [2.75, 3.05) is 20.2 Å². The first-order chi connectivity index (χ1) is 9.70. The van der Waals surface area contributed by atoms with E-state index in [0.29, 0.717) is 12.2 Å². The standard InChI is InChI=1S/C16H18N2O2/c1-3-20-16(19)13-10-18(2)9-8-12-11-6-4-5-7-14(11)17-15(12)13/h4-7,10,17H,3,8-9H2,1-2H3. The van der Waals surface area contributed by atoms with Gasteiger partial charge in [0.2, 0.25) is 0 Å². The minimum atomic E-state index is -0.269. The van der Waals surface area contributed by atoms with E-state index < -0.39 is 0 Å². The number of carbonyl (C=O) groups is 1. The Bertz CT molecular complexity index is 685. The van der Waals surface area contributed by atoms with Crippen LogP contribution < -0.4 is 0 Å². The number of carbonyl (C=O) groups excluding carboxylic acids is 1. The number of ether oxygens (including phenoxy) is 1. The van der Waals surface area contributed by atoms with E-state index in [2.05, 4.69) is 11.1 Å². The molecule has 1 N–H and O–H groups in total. The summed E-state index contributed by atoms with van der Waals surface area (Å²) in [5, 5.41) is 1.19. The second kappa shape index (κ2) is 5.04. The smallest absolute Gasteiger partial charge is 0.341 e. The predicted molar refractivity (Wildman–Crippen MR) is 79.2 cm³/mol. The highest BCUT2D eigenvalue weighted by Crippen LogP contribution is 2.30. The number of aromatic amines is 1. The van der Waals surface area contributed by atoms with E-state index in [0.717, 1.165) is 24.2 Å². The van der Waals surface area contributed by atoms with E-state index in [9.17, 15) is 4.79 Å². The maximum Gasteiger partial charge on any atom is 0.341 e. The molecular weight excluding hydrogens is 252 g/mol. The molecule has 0 radical (unpaired) electrons. The normalized spacial score (nSPS) is 14.7. The van der Waals surface area contributed by atoms with Crippen LogP contribution >= 0.6 is 0 Å². The molecule has 0 aliphatic carbocycles. The van der Waals surface area contributed by atoms with Crippen molar-refractivity contribution < 1.29 is 9.53 Å². The summed E-state index contributed by atoms with van der Waals surface area (Å²) in [5.41, 5.74) is 3.77. The number of hydrogen-bond donors (Lipinski definition) is 1. The molecule has 1 aliphatic rings. The van der Waals surface area contributed by atoms with Crippen LogP contribution in [0.1, 0.15) is 18.2 Å². The Morgan fingerprint density at radius 3 is 3.00 bits per heavy atom. The van der Waals surface area contributed by atoms with Crippen LogP contribution in [0.25, 0.3) is 16.5 Å². The Morgan fingerprint density at radius 1 is 1.40 bits per heavy atom. The van der Waals surface area contributed by atoms with Gasteiger partial charge in [0, 0.05) is 30.7 Å². The maximum atomic E-state index is 12.2. The van der Waals surface area contributed by atoms with Crippen molar-refractivity contribution in [1.82, 2.24) is 9.88 Å². The Hall–Kier alpha value is -2.23. The number of H-pyrrole nitrogens is 1. The van der Waals surface area contributed by atoms with Gasteiger partial charge in [0.1, 0.15) is 0 Å². The molecule has 1 aliphatic heterocycles. The largest absolute Gasteiger partial charge is 0.462 e.